The number of aromatic nitrogens is 3. The summed E-state index contributed by atoms with van der Waals surface area (Å²) < 4.78 is 1.96. The number of rotatable bonds is 8. The van der Waals surface area contributed by atoms with Crippen LogP contribution >= 0.6 is 0 Å². The van der Waals surface area contributed by atoms with Gasteiger partial charge in [-0.3, -0.25) is 10.1 Å². The minimum atomic E-state index is -0.445. The Kier molecular flexibility index (Phi) is 5.47. The second kappa shape index (κ2) is 7.54. The summed E-state index contributed by atoms with van der Waals surface area (Å²) in [5, 5.41) is 34.2. The molecule has 0 fully saturated rings. The fraction of sp³-hybridized carbons (Fsp3) is 0.429. The third-order valence-corrected chi connectivity index (χ3v) is 3.41. The van der Waals surface area contributed by atoms with Crippen molar-refractivity contribution in [3.8, 4) is 0 Å². The van der Waals surface area contributed by atoms with Gasteiger partial charge in [-0.25, -0.2) is 0 Å². The van der Waals surface area contributed by atoms with Crippen molar-refractivity contribution in [3.05, 3.63) is 40.0 Å². The zero-order valence-corrected chi connectivity index (χ0v) is 13.1. The predicted molar refractivity (Wildman–Crippen MR) is 86.4 cm³/mol. The average Bonchev–Trinajstić information content (AvgIpc) is 2.90. The van der Waals surface area contributed by atoms with E-state index in [2.05, 4.69) is 20.8 Å². The molecule has 9 nitrogen and oxygen atoms in total. The molecule has 0 saturated carbocycles. The Labute approximate surface area is 133 Å². The molecule has 3 N–H and O–H groups in total. The largest absolute Gasteiger partial charge is 0.395 e. The maximum atomic E-state index is 10.9. The Balaban J connectivity index is 2.21. The lowest BCUT2D eigenvalue weighted by Crippen LogP contribution is -2.12. The SMILES string of the molecule is CCn1c(C)nnc1CNc1cc([N+](=O)[O-])ccc1NCCO. The number of nitrogens with zero attached hydrogens (tertiary/aromatic N) is 4. The lowest BCUT2D eigenvalue weighted by molar-refractivity contribution is -0.384. The van der Waals surface area contributed by atoms with Crippen molar-refractivity contribution in [1.82, 2.24) is 14.8 Å². The predicted octanol–water partition coefficient (Wildman–Crippen LogP) is 1.53. The van der Waals surface area contributed by atoms with Crippen LogP contribution in [0.2, 0.25) is 0 Å². The molecule has 1 aromatic carbocycles. The number of hydrogen-bond acceptors (Lipinski definition) is 7. The van der Waals surface area contributed by atoms with E-state index in [1.807, 2.05) is 18.4 Å². The van der Waals surface area contributed by atoms with Gasteiger partial charge in [-0.1, -0.05) is 0 Å². The second-order valence-electron chi connectivity index (χ2n) is 4.90. The van der Waals surface area contributed by atoms with E-state index in [0.717, 1.165) is 18.2 Å². The first kappa shape index (κ1) is 16.7. The van der Waals surface area contributed by atoms with Crippen LogP contribution < -0.4 is 10.6 Å². The molecule has 9 heteroatoms. The van der Waals surface area contributed by atoms with Gasteiger partial charge < -0.3 is 20.3 Å². The highest BCUT2D eigenvalue weighted by Gasteiger charge is 2.12. The minimum Gasteiger partial charge on any atom is -0.395 e. The highest BCUT2D eigenvalue weighted by molar-refractivity contribution is 5.71. The third kappa shape index (κ3) is 3.95. The van der Waals surface area contributed by atoms with Crippen LogP contribution in [0.25, 0.3) is 0 Å². The van der Waals surface area contributed by atoms with Crippen molar-refractivity contribution in [2.24, 2.45) is 0 Å². The van der Waals surface area contributed by atoms with Gasteiger partial charge in [-0.05, 0) is 19.9 Å². The monoisotopic (exact) mass is 320 g/mol. The number of nitro groups is 1. The number of benzene rings is 1. The summed E-state index contributed by atoms with van der Waals surface area (Å²) >= 11 is 0. The lowest BCUT2D eigenvalue weighted by Gasteiger charge is -2.13. The Morgan fingerprint density at radius 1 is 1.30 bits per heavy atom. The Bertz CT molecular complexity index is 685. The van der Waals surface area contributed by atoms with E-state index in [1.54, 1.807) is 6.07 Å². The zero-order chi connectivity index (χ0) is 16.8. The molecule has 23 heavy (non-hydrogen) atoms. The fourth-order valence-corrected chi connectivity index (χ4v) is 2.28. The first-order chi connectivity index (χ1) is 11.1. The standard InChI is InChI=1S/C14H20N6O3/c1-3-19-10(2)17-18-14(19)9-16-13-8-11(20(22)23)4-5-12(13)15-6-7-21/h4-5,8,15-16,21H,3,6-7,9H2,1-2H3. The zero-order valence-electron chi connectivity index (χ0n) is 13.1. The summed E-state index contributed by atoms with van der Waals surface area (Å²) in [6, 6.07) is 4.49. The van der Waals surface area contributed by atoms with Crippen LogP contribution in [0.4, 0.5) is 17.1 Å². The molecule has 0 spiro atoms. The summed E-state index contributed by atoms with van der Waals surface area (Å²) in [5.74, 6) is 1.58. The van der Waals surface area contributed by atoms with E-state index in [9.17, 15) is 10.1 Å². The average molecular weight is 320 g/mol. The smallest absolute Gasteiger partial charge is 0.271 e. The Hall–Kier alpha value is -2.68. The molecule has 2 rings (SSSR count). The first-order valence-corrected chi connectivity index (χ1v) is 7.32. The molecule has 124 valence electrons. The molecule has 1 aromatic heterocycles. The van der Waals surface area contributed by atoms with Gasteiger partial charge in [0, 0.05) is 25.2 Å². The van der Waals surface area contributed by atoms with Crippen molar-refractivity contribution in [3.63, 3.8) is 0 Å². The van der Waals surface area contributed by atoms with Crippen molar-refractivity contribution >= 4 is 17.1 Å². The van der Waals surface area contributed by atoms with Crippen LogP contribution in [-0.4, -0.2) is 37.9 Å². The molecule has 0 saturated heterocycles. The molecule has 0 unspecified atom stereocenters. The van der Waals surface area contributed by atoms with Gasteiger partial charge in [0.2, 0.25) is 0 Å². The molecule has 0 bridgehead atoms. The van der Waals surface area contributed by atoms with Crippen LogP contribution in [0.15, 0.2) is 18.2 Å². The van der Waals surface area contributed by atoms with Crippen LogP contribution in [0.5, 0.6) is 0 Å². The number of nitro benzene ring substituents is 1. The second-order valence-corrected chi connectivity index (χ2v) is 4.90. The number of anilines is 2. The van der Waals surface area contributed by atoms with Gasteiger partial charge in [-0.15, -0.1) is 10.2 Å². The molecule has 0 radical (unpaired) electrons. The van der Waals surface area contributed by atoms with E-state index in [1.165, 1.54) is 12.1 Å². The fourth-order valence-electron chi connectivity index (χ4n) is 2.28. The van der Waals surface area contributed by atoms with E-state index in [4.69, 9.17) is 5.11 Å². The summed E-state index contributed by atoms with van der Waals surface area (Å²) in [6.07, 6.45) is 0. The highest BCUT2D eigenvalue weighted by Crippen LogP contribution is 2.27. The van der Waals surface area contributed by atoms with E-state index in [0.29, 0.717) is 24.5 Å². The molecular formula is C14H20N6O3. The number of hydrogen-bond donors (Lipinski definition) is 3. The van der Waals surface area contributed by atoms with Gasteiger partial charge in [0.05, 0.1) is 29.4 Å². The maximum Gasteiger partial charge on any atom is 0.271 e. The molecule has 1 heterocycles. The molecule has 0 atom stereocenters. The van der Waals surface area contributed by atoms with Crippen molar-refractivity contribution < 1.29 is 10.0 Å². The van der Waals surface area contributed by atoms with Gasteiger partial charge in [0.25, 0.3) is 5.69 Å². The van der Waals surface area contributed by atoms with E-state index in [-0.39, 0.29) is 12.3 Å². The quantitative estimate of drug-likeness (QED) is 0.498. The topological polar surface area (TPSA) is 118 Å². The van der Waals surface area contributed by atoms with Crippen LogP contribution in [0.3, 0.4) is 0 Å². The van der Waals surface area contributed by atoms with Crippen LogP contribution in [0, 0.1) is 17.0 Å². The molecule has 0 amide bonds. The third-order valence-electron chi connectivity index (χ3n) is 3.41. The Morgan fingerprint density at radius 2 is 2.09 bits per heavy atom. The molecule has 0 aliphatic carbocycles. The van der Waals surface area contributed by atoms with Crippen molar-refractivity contribution in [2.75, 3.05) is 23.8 Å². The van der Waals surface area contributed by atoms with Gasteiger partial charge in [0.1, 0.15) is 5.82 Å². The van der Waals surface area contributed by atoms with Gasteiger partial charge in [-0.2, -0.15) is 0 Å². The van der Waals surface area contributed by atoms with E-state index >= 15 is 0 Å². The molecular weight excluding hydrogens is 300 g/mol. The Morgan fingerprint density at radius 3 is 2.74 bits per heavy atom. The first-order valence-electron chi connectivity index (χ1n) is 7.32. The van der Waals surface area contributed by atoms with E-state index < -0.39 is 4.92 Å². The molecule has 0 aliphatic rings. The van der Waals surface area contributed by atoms with Gasteiger partial charge in [0.15, 0.2) is 5.82 Å². The summed E-state index contributed by atoms with van der Waals surface area (Å²) in [6.45, 7) is 5.35. The summed E-state index contributed by atoms with van der Waals surface area (Å²) in [5.41, 5.74) is 1.26. The normalized spacial score (nSPS) is 10.6. The highest BCUT2D eigenvalue weighted by atomic mass is 16.6. The number of aliphatic hydroxyl groups is 1. The minimum absolute atomic E-state index is 0.00446. The van der Waals surface area contributed by atoms with Gasteiger partial charge >= 0.3 is 0 Å². The summed E-state index contributed by atoms with van der Waals surface area (Å²) in [4.78, 5) is 10.5. The van der Waals surface area contributed by atoms with Crippen molar-refractivity contribution in [1.29, 1.82) is 0 Å². The lowest BCUT2D eigenvalue weighted by atomic mass is 10.2. The maximum absolute atomic E-state index is 10.9. The molecule has 2 aromatic rings. The van der Waals surface area contributed by atoms with Crippen LogP contribution in [0.1, 0.15) is 18.6 Å². The number of nitrogens with one attached hydrogen (secondary N) is 2. The number of aliphatic hydroxyl groups excluding tert-OH is 1. The number of non-ortho nitro benzene ring substituents is 1. The molecule has 0 aliphatic heterocycles. The number of aryl methyl sites for hydroxylation is 1. The van der Waals surface area contributed by atoms with Crippen LogP contribution in [-0.2, 0) is 13.1 Å². The summed E-state index contributed by atoms with van der Waals surface area (Å²) in [7, 11) is 0. The van der Waals surface area contributed by atoms with Crippen molar-refractivity contribution in [2.45, 2.75) is 26.9 Å².